The van der Waals surface area contributed by atoms with Gasteiger partial charge in [-0.3, -0.25) is 14.3 Å². The molecule has 0 aromatic carbocycles. The van der Waals surface area contributed by atoms with Crippen LogP contribution in [-0.4, -0.2) is 49.2 Å². The van der Waals surface area contributed by atoms with Gasteiger partial charge in [0.1, 0.15) is 0 Å². The van der Waals surface area contributed by atoms with Crippen molar-refractivity contribution < 1.29 is 14.7 Å². The van der Waals surface area contributed by atoms with Crippen LogP contribution in [0.5, 0.6) is 0 Å². The first kappa shape index (κ1) is 16.1. The van der Waals surface area contributed by atoms with Gasteiger partial charge in [-0.25, -0.2) is 4.98 Å². The first-order valence-corrected chi connectivity index (χ1v) is 8.82. The molecule has 1 atom stereocenters. The molecule has 0 bridgehead atoms. The Balaban J connectivity index is 1.79. The number of aryl methyl sites for hydroxylation is 2. The van der Waals surface area contributed by atoms with Gasteiger partial charge in [0, 0.05) is 31.2 Å². The maximum absolute atomic E-state index is 13.3. The Kier molecular flexibility index (Phi) is 3.74. The van der Waals surface area contributed by atoms with Crippen molar-refractivity contribution in [3.63, 3.8) is 0 Å². The molecule has 0 spiro atoms. The molecule has 2 aromatic rings. The van der Waals surface area contributed by atoms with Crippen molar-refractivity contribution in [2.45, 2.75) is 51.0 Å². The summed E-state index contributed by atoms with van der Waals surface area (Å²) in [6, 6.07) is 1.68. The van der Waals surface area contributed by atoms with Gasteiger partial charge in [-0.15, -0.1) is 0 Å². The molecule has 4 rings (SSSR count). The highest BCUT2D eigenvalue weighted by molar-refractivity contribution is 6.07. The average Bonchev–Trinajstić information content (AvgIpc) is 3.25. The first-order chi connectivity index (χ1) is 12.0. The molecule has 1 saturated carbocycles. The number of aromatic nitrogens is 3. The summed E-state index contributed by atoms with van der Waals surface area (Å²) in [5, 5.41) is 14.4. The second kappa shape index (κ2) is 5.82. The average molecular weight is 342 g/mol. The van der Waals surface area contributed by atoms with Gasteiger partial charge in [-0.2, -0.15) is 5.10 Å². The Morgan fingerprint density at radius 2 is 2.08 bits per heavy atom. The number of carboxylic acid groups (broad SMARTS) is 1. The van der Waals surface area contributed by atoms with Crippen LogP contribution in [0.15, 0.2) is 6.07 Å². The van der Waals surface area contributed by atoms with Crippen molar-refractivity contribution >= 4 is 22.9 Å². The standard InChI is InChI=1S/C18H22N4O3/c1-10-16-13(18(25)22-7-3-4-12(22)8-15(23)24)9-14(11-5-6-11)19-17(16)21(2)20-10/h9,11-12H,3-8H2,1-2H3,(H,23,24). The summed E-state index contributed by atoms with van der Waals surface area (Å²) in [4.78, 5) is 30.9. The minimum atomic E-state index is -0.860. The molecule has 25 heavy (non-hydrogen) atoms. The van der Waals surface area contributed by atoms with Crippen molar-refractivity contribution in [1.29, 1.82) is 0 Å². The number of hydrogen-bond donors (Lipinski definition) is 1. The van der Waals surface area contributed by atoms with E-state index in [1.165, 1.54) is 0 Å². The fraction of sp³-hybridized carbons (Fsp3) is 0.556. The monoisotopic (exact) mass is 342 g/mol. The number of fused-ring (bicyclic) bond motifs is 1. The summed E-state index contributed by atoms with van der Waals surface area (Å²) in [7, 11) is 1.84. The number of likely N-dealkylation sites (tertiary alicyclic amines) is 1. The van der Waals surface area contributed by atoms with Gasteiger partial charge < -0.3 is 10.0 Å². The lowest BCUT2D eigenvalue weighted by Gasteiger charge is -2.24. The molecule has 1 unspecified atom stereocenters. The zero-order valence-electron chi connectivity index (χ0n) is 14.5. The molecule has 2 aliphatic rings. The van der Waals surface area contributed by atoms with E-state index in [9.17, 15) is 9.59 Å². The summed E-state index contributed by atoms with van der Waals surface area (Å²) >= 11 is 0. The second-order valence-corrected chi connectivity index (χ2v) is 7.17. The lowest BCUT2D eigenvalue weighted by molar-refractivity contribution is -0.137. The number of carbonyl (C=O) groups excluding carboxylic acids is 1. The van der Waals surface area contributed by atoms with E-state index >= 15 is 0 Å². The Morgan fingerprint density at radius 3 is 2.76 bits per heavy atom. The maximum atomic E-state index is 13.3. The quantitative estimate of drug-likeness (QED) is 0.920. The summed E-state index contributed by atoms with van der Waals surface area (Å²) < 4.78 is 1.73. The highest BCUT2D eigenvalue weighted by atomic mass is 16.4. The number of rotatable bonds is 4. The summed E-state index contributed by atoms with van der Waals surface area (Å²) in [6.45, 7) is 2.50. The largest absolute Gasteiger partial charge is 0.481 e. The highest BCUT2D eigenvalue weighted by Crippen LogP contribution is 2.40. The second-order valence-electron chi connectivity index (χ2n) is 7.17. The van der Waals surface area contributed by atoms with E-state index in [4.69, 9.17) is 10.1 Å². The van der Waals surface area contributed by atoms with E-state index in [1.54, 1.807) is 9.58 Å². The number of amides is 1. The molecule has 1 aliphatic heterocycles. The number of carboxylic acids is 1. The molecular weight excluding hydrogens is 320 g/mol. The third-order valence-electron chi connectivity index (χ3n) is 5.26. The van der Waals surface area contributed by atoms with E-state index in [0.29, 0.717) is 18.0 Å². The summed E-state index contributed by atoms with van der Waals surface area (Å²) in [6.07, 6.45) is 3.80. The van der Waals surface area contributed by atoms with Gasteiger partial charge >= 0.3 is 5.97 Å². The zero-order chi connectivity index (χ0) is 17.7. The summed E-state index contributed by atoms with van der Waals surface area (Å²) in [5.74, 6) is -0.519. The fourth-order valence-electron chi connectivity index (χ4n) is 3.89. The van der Waals surface area contributed by atoms with Crippen molar-refractivity contribution in [3.05, 3.63) is 23.0 Å². The molecule has 2 fully saturated rings. The van der Waals surface area contributed by atoms with Gasteiger partial charge in [0.15, 0.2) is 5.65 Å². The molecule has 132 valence electrons. The predicted octanol–water partition coefficient (Wildman–Crippen LogP) is 2.23. The molecule has 0 radical (unpaired) electrons. The Hall–Kier alpha value is -2.44. The highest BCUT2D eigenvalue weighted by Gasteiger charge is 2.34. The maximum Gasteiger partial charge on any atom is 0.305 e. The molecule has 1 saturated heterocycles. The van der Waals surface area contributed by atoms with E-state index in [1.807, 2.05) is 20.0 Å². The molecule has 3 heterocycles. The minimum absolute atomic E-state index is 0.00146. The van der Waals surface area contributed by atoms with Crippen molar-refractivity contribution in [3.8, 4) is 0 Å². The van der Waals surface area contributed by atoms with Crippen molar-refractivity contribution in [2.75, 3.05) is 6.54 Å². The SMILES string of the molecule is Cc1nn(C)c2nc(C3CC3)cc(C(=O)N3CCCC3CC(=O)O)c12. The van der Waals surface area contributed by atoms with Crippen LogP contribution in [0.25, 0.3) is 11.0 Å². The third-order valence-corrected chi connectivity index (χ3v) is 5.26. The van der Waals surface area contributed by atoms with Crippen LogP contribution in [0.3, 0.4) is 0 Å². The van der Waals surface area contributed by atoms with E-state index < -0.39 is 5.97 Å². The Labute approximate surface area is 145 Å². The van der Waals surface area contributed by atoms with Crippen LogP contribution in [0.2, 0.25) is 0 Å². The van der Waals surface area contributed by atoms with Crippen LogP contribution >= 0.6 is 0 Å². The van der Waals surface area contributed by atoms with Crippen LogP contribution in [-0.2, 0) is 11.8 Å². The lowest BCUT2D eigenvalue weighted by Crippen LogP contribution is -2.37. The molecule has 1 aliphatic carbocycles. The first-order valence-electron chi connectivity index (χ1n) is 8.82. The van der Waals surface area contributed by atoms with Crippen LogP contribution in [0.1, 0.15) is 59.8 Å². The van der Waals surface area contributed by atoms with Crippen LogP contribution < -0.4 is 0 Å². The van der Waals surface area contributed by atoms with E-state index in [-0.39, 0.29) is 18.4 Å². The topological polar surface area (TPSA) is 88.3 Å². The molecule has 2 aromatic heterocycles. The zero-order valence-corrected chi connectivity index (χ0v) is 14.5. The Bertz CT molecular complexity index is 869. The molecular formula is C18H22N4O3. The fourth-order valence-corrected chi connectivity index (χ4v) is 3.89. The minimum Gasteiger partial charge on any atom is -0.481 e. The number of carbonyl (C=O) groups is 2. The molecule has 1 N–H and O–H groups in total. The lowest BCUT2D eigenvalue weighted by atomic mass is 10.1. The van der Waals surface area contributed by atoms with Gasteiger partial charge in [0.2, 0.25) is 0 Å². The molecule has 7 heteroatoms. The van der Waals surface area contributed by atoms with Gasteiger partial charge in [-0.1, -0.05) is 0 Å². The van der Waals surface area contributed by atoms with Crippen molar-refractivity contribution in [2.24, 2.45) is 7.05 Å². The van der Waals surface area contributed by atoms with Crippen LogP contribution in [0, 0.1) is 6.92 Å². The number of hydrogen-bond acceptors (Lipinski definition) is 4. The predicted molar refractivity (Wildman–Crippen MR) is 91.5 cm³/mol. The summed E-state index contributed by atoms with van der Waals surface area (Å²) in [5.41, 5.74) is 3.09. The normalized spacial score (nSPS) is 20.4. The van der Waals surface area contributed by atoms with Crippen LogP contribution in [0.4, 0.5) is 0 Å². The third kappa shape index (κ3) is 2.77. The number of aliphatic carboxylic acids is 1. The number of pyridine rings is 1. The van der Waals surface area contributed by atoms with Gasteiger partial charge in [0.25, 0.3) is 5.91 Å². The van der Waals surface area contributed by atoms with Gasteiger partial charge in [0.05, 0.1) is 23.1 Å². The van der Waals surface area contributed by atoms with E-state index in [0.717, 1.165) is 48.1 Å². The Morgan fingerprint density at radius 1 is 1.32 bits per heavy atom. The number of nitrogens with zero attached hydrogens (tertiary/aromatic N) is 4. The van der Waals surface area contributed by atoms with E-state index in [2.05, 4.69) is 5.10 Å². The smallest absolute Gasteiger partial charge is 0.305 e. The molecule has 7 nitrogen and oxygen atoms in total. The van der Waals surface area contributed by atoms with Crippen molar-refractivity contribution in [1.82, 2.24) is 19.7 Å². The van der Waals surface area contributed by atoms with Gasteiger partial charge in [-0.05, 0) is 38.7 Å². The molecule has 1 amide bonds.